The SMILES string of the molecule is CC(C)CC(CN)NC(=O)CSC(C)c1nc2ccccc2[nH]1. The first-order chi connectivity index (χ1) is 11.0. The Bertz CT molecular complexity index is 607. The molecule has 1 aromatic carbocycles. The Morgan fingerprint density at radius 2 is 2.09 bits per heavy atom. The number of nitrogens with one attached hydrogen (secondary N) is 2. The summed E-state index contributed by atoms with van der Waals surface area (Å²) in [7, 11) is 0. The molecule has 5 nitrogen and oxygen atoms in total. The van der Waals surface area contributed by atoms with Crippen LogP contribution < -0.4 is 11.1 Å². The summed E-state index contributed by atoms with van der Waals surface area (Å²) < 4.78 is 0. The van der Waals surface area contributed by atoms with Crippen LogP contribution in [0.3, 0.4) is 0 Å². The van der Waals surface area contributed by atoms with E-state index in [2.05, 4.69) is 36.1 Å². The van der Waals surface area contributed by atoms with Crippen LogP contribution >= 0.6 is 11.8 Å². The fourth-order valence-electron chi connectivity index (χ4n) is 2.50. The molecule has 0 aliphatic heterocycles. The van der Waals surface area contributed by atoms with Gasteiger partial charge >= 0.3 is 0 Å². The van der Waals surface area contributed by atoms with E-state index in [1.807, 2.05) is 24.3 Å². The average Bonchev–Trinajstić information content (AvgIpc) is 2.95. The van der Waals surface area contributed by atoms with Crippen molar-refractivity contribution in [1.82, 2.24) is 15.3 Å². The lowest BCUT2D eigenvalue weighted by molar-refractivity contribution is -0.119. The maximum absolute atomic E-state index is 12.1. The summed E-state index contributed by atoms with van der Waals surface area (Å²) >= 11 is 1.58. The minimum absolute atomic E-state index is 0.0362. The molecule has 0 aliphatic carbocycles. The third-order valence-electron chi connectivity index (χ3n) is 3.66. The van der Waals surface area contributed by atoms with E-state index in [0.717, 1.165) is 23.3 Å². The van der Waals surface area contributed by atoms with Crippen molar-refractivity contribution < 1.29 is 4.79 Å². The van der Waals surface area contributed by atoms with Crippen LogP contribution in [0.15, 0.2) is 24.3 Å². The smallest absolute Gasteiger partial charge is 0.230 e. The van der Waals surface area contributed by atoms with Gasteiger partial charge in [-0.1, -0.05) is 26.0 Å². The molecule has 2 aromatic rings. The second-order valence-electron chi connectivity index (χ2n) is 6.22. The van der Waals surface area contributed by atoms with Gasteiger partial charge in [0, 0.05) is 12.6 Å². The first-order valence-corrected chi connectivity index (χ1v) is 9.10. The Balaban J connectivity index is 1.85. The molecule has 2 atom stereocenters. The zero-order chi connectivity index (χ0) is 16.8. The van der Waals surface area contributed by atoms with Gasteiger partial charge in [-0.15, -0.1) is 11.8 Å². The van der Waals surface area contributed by atoms with E-state index in [1.165, 1.54) is 0 Å². The number of H-pyrrole nitrogens is 1. The molecule has 23 heavy (non-hydrogen) atoms. The number of rotatable bonds is 8. The number of benzene rings is 1. The number of aromatic nitrogens is 2. The highest BCUT2D eigenvalue weighted by atomic mass is 32.2. The predicted molar refractivity (Wildman–Crippen MR) is 97.4 cm³/mol. The number of amides is 1. The largest absolute Gasteiger partial charge is 0.351 e. The highest BCUT2D eigenvalue weighted by Gasteiger charge is 2.16. The van der Waals surface area contributed by atoms with Gasteiger partial charge in [-0.2, -0.15) is 0 Å². The number of nitrogens with zero attached hydrogens (tertiary/aromatic N) is 1. The molecule has 1 amide bonds. The summed E-state index contributed by atoms with van der Waals surface area (Å²) in [4.78, 5) is 20.0. The molecule has 0 bridgehead atoms. The van der Waals surface area contributed by atoms with Crippen LogP contribution in [0, 0.1) is 5.92 Å². The number of thioether (sulfide) groups is 1. The van der Waals surface area contributed by atoms with E-state index < -0.39 is 0 Å². The van der Waals surface area contributed by atoms with Crippen molar-refractivity contribution in [1.29, 1.82) is 0 Å². The third-order valence-corrected chi connectivity index (χ3v) is 4.81. The van der Waals surface area contributed by atoms with E-state index >= 15 is 0 Å². The quantitative estimate of drug-likeness (QED) is 0.693. The molecule has 0 spiro atoms. The van der Waals surface area contributed by atoms with Crippen molar-refractivity contribution in [2.75, 3.05) is 12.3 Å². The fraction of sp³-hybridized carbons (Fsp3) is 0.529. The summed E-state index contributed by atoms with van der Waals surface area (Å²) in [6.07, 6.45) is 0.909. The van der Waals surface area contributed by atoms with Gasteiger partial charge in [0.2, 0.25) is 5.91 Å². The van der Waals surface area contributed by atoms with E-state index in [0.29, 0.717) is 18.2 Å². The molecule has 0 aliphatic rings. The van der Waals surface area contributed by atoms with E-state index in [1.54, 1.807) is 11.8 Å². The summed E-state index contributed by atoms with van der Waals surface area (Å²) in [6, 6.07) is 8.01. The van der Waals surface area contributed by atoms with Gasteiger partial charge in [0.25, 0.3) is 0 Å². The minimum atomic E-state index is 0.0362. The number of nitrogens with two attached hydrogens (primary N) is 1. The van der Waals surface area contributed by atoms with Crippen molar-refractivity contribution in [3.05, 3.63) is 30.1 Å². The Morgan fingerprint density at radius 1 is 1.35 bits per heavy atom. The zero-order valence-electron chi connectivity index (χ0n) is 14.0. The average molecular weight is 334 g/mol. The molecule has 2 unspecified atom stereocenters. The van der Waals surface area contributed by atoms with Crippen LogP contribution in [0.4, 0.5) is 0 Å². The Kier molecular flexibility index (Phi) is 6.47. The number of hydrogen-bond acceptors (Lipinski definition) is 4. The Morgan fingerprint density at radius 3 is 2.74 bits per heavy atom. The van der Waals surface area contributed by atoms with Crippen LogP contribution in [-0.2, 0) is 4.79 Å². The number of aromatic amines is 1. The molecular weight excluding hydrogens is 308 g/mol. The summed E-state index contributed by atoms with van der Waals surface area (Å²) in [6.45, 7) is 6.80. The molecular formula is C17H26N4OS. The molecule has 1 aromatic heterocycles. The minimum Gasteiger partial charge on any atom is -0.351 e. The van der Waals surface area contributed by atoms with Crippen molar-refractivity contribution in [2.45, 2.75) is 38.5 Å². The number of hydrogen-bond donors (Lipinski definition) is 3. The van der Waals surface area contributed by atoms with Gasteiger partial charge in [0.1, 0.15) is 5.82 Å². The zero-order valence-corrected chi connectivity index (χ0v) is 14.8. The number of para-hydroxylation sites is 2. The van der Waals surface area contributed by atoms with Gasteiger partial charge in [-0.25, -0.2) is 4.98 Å². The van der Waals surface area contributed by atoms with Crippen molar-refractivity contribution in [3.63, 3.8) is 0 Å². The van der Waals surface area contributed by atoms with Gasteiger partial charge in [-0.05, 0) is 31.4 Å². The van der Waals surface area contributed by atoms with Gasteiger partial charge in [-0.3, -0.25) is 4.79 Å². The summed E-state index contributed by atoms with van der Waals surface area (Å²) in [5.41, 5.74) is 7.71. The lowest BCUT2D eigenvalue weighted by atomic mass is 10.0. The third kappa shape index (κ3) is 5.25. The second kappa shape index (κ2) is 8.36. The van der Waals surface area contributed by atoms with Crippen LogP contribution in [0.5, 0.6) is 0 Å². The maximum atomic E-state index is 12.1. The molecule has 0 saturated heterocycles. The molecule has 126 valence electrons. The molecule has 0 radical (unpaired) electrons. The van der Waals surface area contributed by atoms with Crippen LogP contribution in [0.1, 0.15) is 38.3 Å². The van der Waals surface area contributed by atoms with E-state index in [9.17, 15) is 4.79 Å². The first kappa shape index (κ1) is 17.8. The van der Waals surface area contributed by atoms with E-state index in [-0.39, 0.29) is 17.2 Å². The lowest BCUT2D eigenvalue weighted by Crippen LogP contribution is -2.41. The van der Waals surface area contributed by atoms with Crippen molar-refractivity contribution >= 4 is 28.7 Å². The molecule has 6 heteroatoms. The molecule has 1 heterocycles. The summed E-state index contributed by atoms with van der Waals surface area (Å²) in [5, 5.41) is 3.15. The fourth-order valence-corrected chi connectivity index (χ4v) is 3.25. The van der Waals surface area contributed by atoms with Gasteiger partial charge in [0.15, 0.2) is 0 Å². The lowest BCUT2D eigenvalue weighted by Gasteiger charge is -2.19. The monoisotopic (exact) mass is 334 g/mol. The van der Waals surface area contributed by atoms with Gasteiger partial charge < -0.3 is 16.0 Å². The number of carbonyl (C=O) groups is 1. The maximum Gasteiger partial charge on any atom is 0.230 e. The van der Waals surface area contributed by atoms with Crippen LogP contribution in [0.2, 0.25) is 0 Å². The Labute approximate surface area is 141 Å². The van der Waals surface area contributed by atoms with Crippen molar-refractivity contribution in [2.24, 2.45) is 11.7 Å². The number of carbonyl (C=O) groups excluding carboxylic acids is 1. The van der Waals surface area contributed by atoms with E-state index in [4.69, 9.17) is 5.73 Å². The second-order valence-corrected chi connectivity index (χ2v) is 7.55. The highest BCUT2D eigenvalue weighted by molar-refractivity contribution is 8.00. The predicted octanol–water partition coefficient (Wildman–Crippen LogP) is 2.85. The van der Waals surface area contributed by atoms with Crippen molar-refractivity contribution in [3.8, 4) is 0 Å². The van der Waals surface area contributed by atoms with Crippen LogP contribution in [0.25, 0.3) is 11.0 Å². The van der Waals surface area contributed by atoms with Crippen LogP contribution in [-0.4, -0.2) is 34.2 Å². The summed E-state index contributed by atoms with van der Waals surface area (Å²) in [5.74, 6) is 1.87. The number of imidazole rings is 1. The highest BCUT2D eigenvalue weighted by Crippen LogP contribution is 2.27. The molecule has 0 fully saturated rings. The molecule has 2 rings (SSSR count). The normalized spacial score (nSPS) is 14.1. The molecule has 4 N–H and O–H groups in total. The molecule has 0 saturated carbocycles. The number of fused-ring (bicyclic) bond motifs is 1. The van der Waals surface area contributed by atoms with Gasteiger partial charge in [0.05, 0.1) is 22.0 Å². The topological polar surface area (TPSA) is 83.8 Å². The standard InChI is InChI=1S/C17H26N4OS/c1-11(2)8-13(9-18)19-16(22)10-23-12(3)17-20-14-6-4-5-7-15(14)21-17/h4-7,11-13H,8-10,18H2,1-3H3,(H,19,22)(H,20,21). The first-order valence-electron chi connectivity index (χ1n) is 8.05. The Hall–Kier alpha value is -1.53.